The second-order valence-corrected chi connectivity index (χ2v) is 8.84. The fourth-order valence-electron chi connectivity index (χ4n) is 4.59. The molecular formula is C20H24N6O2S. The molecule has 8 nitrogen and oxygen atoms in total. The van der Waals surface area contributed by atoms with Gasteiger partial charge in [0.05, 0.1) is 12.5 Å². The average molecular weight is 413 g/mol. The normalized spacial score (nSPS) is 19.0. The second kappa shape index (κ2) is 7.05. The first-order valence-electron chi connectivity index (χ1n) is 10.1. The number of ether oxygens (including phenoxy) is 1. The molecule has 0 bridgehead atoms. The van der Waals surface area contributed by atoms with Crippen LogP contribution in [0.2, 0.25) is 0 Å². The van der Waals surface area contributed by atoms with Crippen LogP contribution in [0.3, 0.4) is 0 Å². The van der Waals surface area contributed by atoms with E-state index in [2.05, 4.69) is 24.6 Å². The van der Waals surface area contributed by atoms with E-state index in [9.17, 15) is 4.79 Å². The zero-order chi connectivity index (χ0) is 20.1. The van der Waals surface area contributed by atoms with Gasteiger partial charge in [0, 0.05) is 32.0 Å². The van der Waals surface area contributed by atoms with Gasteiger partial charge in [0.25, 0.3) is 0 Å². The standard InChI is InChI=1S/C20H24N6O2S/c1-11-15-18(21-12(2)22-19(15)29-16(11)20(27)28-3)25-8-4-6-13(10-25)17-24-23-14-7-5-9-26(14)17/h13H,4-10H2,1-3H3. The number of piperidine rings is 1. The summed E-state index contributed by atoms with van der Waals surface area (Å²) in [6, 6.07) is 0. The van der Waals surface area contributed by atoms with Crippen molar-refractivity contribution in [1.29, 1.82) is 0 Å². The van der Waals surface area contributed by atoms with Crippen LogP contribution in [0.1, 0.15) is 57.9 Å². The highest BCUT2D eigenvalue weighted by Crippen LogP contribution is 2.38. The molecule has 1 unspecified atom stereocenters. The number of rotatable bonds is 3. The van der Waals surface area contributed by atoms with Gasteiger partial charge in [0.15, 0.2) is 0 Å². The third-order valence-electron chi connectivity index (χ3n) is 5.98. The number of esters is 1. The Kier molecular flexibility index (Phi) is 4.49. The van der Waals surface area contributed by atoms with E-state index >= 15 is 0 Å². The summed E-state index contributed by atoms with van der Waals surface area (Å²) < 4.78 is 7.27. The molecule has 0 aliphatic carbocycles. The number of aromatic nitrogens is 5. The first-order valence-corrected chi connectivity index (χ1v) is 10.9. The van der Waals surface area contributed by atoms with E-state index in [0.29, 0.717) is 10.8 Å². The summed E-state index contributed by atoms with van der Waals surface area (Å²) in [6.45, 7) is 6.68. The summed E-state index contributed by atoms with van der Waals surface area (Å²) in [5.41, 5.74) is 0.900. The molecule has 0 radical (unpaired) electrons. The highest BCUT2D eigenvalue weighted by Gasteiger charge is 2.31. The lowest BCUT2D eigenvalue weighted by atomic mass is 9.96. The molecule has 0 amide bonds. The topological polar surface area (TPSA) is 86.0 Å². The number of fused-ring (bicyclic) bond motifs is 2. The van der Waals surface area contributed by atoms with Crippen molar-refractivity contribution in [2.24, 2.45) is 0 Å². The number of hydrogen-bond acceptors (Lipinski definition) is 8. The van der Waals surface area contributed by atoms with Gasteiger partial charge in [-0.2, -0.15) is 0 Å². The minimum absolute atomic E-state index is 0.315. The summed E-state index contributed by atoms with van der Waals surface area (Å²) in [7, 11) is 1.41. The van der Waals surface area contributed by atoms with Crippen LogP contribution in [-0.4, -0.2) is 50.9 Å². The highest BCUT2D eigenvalue weighted by molar-refractivity contribution is 7.20. The number of nitrogens with zero attached hydrogens (tertiary/aromatic N) is 6. The van der Waals surface area contributed by atoms with Crippen LogP contribution in [0.5, 0.6) is 0 Å². The van der Waals surface area contributed by atoms with Gasteiger partial charge in [-0.1, -0.05) is 0 Å². The Bertz CT molecular complexity index is 1100. The van der Waals surface area contributed by atoms with E-state index in [0.717, 1.165) is 84.4 Å². The van der Waals surface area contributed by atoms with Crippen molar-refractivity contribution in [2.75, 3.05) is 25.1 Å². The van der Waals surface area contributed by atoms with Crippen molar-refractivity contribution in [3.05, 3.63) is 27.9 Å². The van der Waals surface area contributed by atoms with E-state index in [1.54, 1.807) is 0 Å². The van der Waals surface area contributed by atoms with Crippen LogP contribution in [-0.2, 0) is 17.7 Å². The minimum Gasteiger partial charge on any atom is -0.465 e. The zero-order valence-electron chi connectivity index (χ0n) is 16.9. The van der Waals surface area contributed by atoms with Crippen LogP contribution in [0.15, 0.2) is 0 Å². The number of thiophene rings is 1. The largest absolute Gasteiger partial charge is 0.465 e. The molecule has 0 saturated carbocycles. The molecule has 0 N–H and O–H groups in total. The molecule has 29 heavy (non-hydrogen) atoms. The highest BCUT2D eigenvalue weighted by atomic mass is 32.1. The first kappa shape index (κ1) is 18.5. The fourth-order valence-corrected chi connectivity index (χ4v) is 5.73. The van der Waals surface area contributed by atoms with Gasteiger partial charge < -0.3 is 14.2 Å². The van der Waals surface area contributed by atoms with Crippen molar-refractivity contribution in [3.8, 4) is 0 Å². The van der Waals surface area contributed by atoms with E-state index in [-0.39, 0.29) is 5.97 Å². The number of anilines is 1. The van der Waals surface area contributed by atoms with Crippen LogP contribution < -0.4 is 4.90 Å². The third kappa shape index (κ3) is 2.99. The Morgan fingerprint density at radius 2 is 2.03 bits per heavy atom. The predicted molar refractivity (Wildman–Crippen MR) is 111 cm³/mol. The maximum atomic E-state index is 12.2. The van der Waals surface area contributed by atoms with Crippen LogP contribution >= 0.6 is 11.3 Å². The van der Waals surface area contributed by atoms with Crippen LogP contribution in [0.4, 0.5) is 5.82 Å². The van der Waals surface area contributed by atoms with Gasteiger partial charge >= 0.3 is 5.97 Å². The maximum Gasteiger partial charge on any atom is 0.348 e. The quantitative estimate of drug-likeness (QED) is 0.611. The molecule has 1 fully saturated rings. The lowest BCUT2D eigenvalue weighted by Gasteiger charge is -2.33. The number of carbonyl (C=O) groups is 1. The van der Waals surface area contributed by atoms with E-state index < -0.39 is 0 Å². The summed E-state index contributed by atoms with van der Waals surface area (Å²) in [5, 5.41) is 9.88. The Hall–Kier alpha value is -2.55. The monoisotopic (exact) mass is 412 g/mol. The molecular weight excluding hydrogens is 388 g/mol. The van der Waals surface area contributed by atoms with Gasteiger partial charge in [0.1, 0.15) is 33.0 Å². The van der Waals surface area contributed by atoms with Crippen molar-refractivity contribution >= 4 is 33.3 Å². The second-order valence-electron chi connectivity index (χ2n) is 7.84. The van der Waals surface area contributed by atoms with Crippen LogP contribution in [0, 0.1) is 13.8 Å². The molecule has 152 valence electrons. The Labute approximate surface area is 172 Å². The summed E-state index contributed by atoms with van der Waals surface area (Å²) in [5.74, 6) is 3.89. The average Bonchev–Trinajstić information content (AvgIpc) is 3.42. The molecule has 9 heteroatoms. The smallest absolute Gasteiger partial charge is 0.348 e. The van der Waals surface area contributed by atoms with E-state index in [4.69, 9.17) is 9.72 Å². The summed E-state index contributed by atoms with van der Waals surface area (Å²) in [6.07, 6.45) is 4.37. The molecule has 2 aliphatic heterocycles. The number of methoxy groups -OCH3 is 1. The number of hydrogen-bond donors (Lipinski definition) is 0. The zero-order valence-corrected chi connectivity index (χ0v) is 17.8. The van der Waals surface area contributed by atoms with Gasteiger partial charge in [-0.25, -0.2) is 14.8 Å². The molecule has 1 atom stereocenters. The third-order valence-corrected chi connectivity index (χ3v) is 7.14. The van der Waals surface area contributed by atoms with Crippen LogP contribution in [0.25, 0.3) is 10.2 Å². The lowest BCUT2D eigenvalue weighted by molar-refractivity contribution is 0.0605. The van der Waals surface area contributed by atoms with Gasteiger partial charge in [0.2, 0.25) is 0 Å². The van der Waals surface area contributed by atoms with Crippen molar-refractivity contribution < 1.29 is 9.53 Å². The van der Waals surface area contributed by atoms with Gasteiger partial charge in [-0.05, 0) is 38.7 Å². The van der Waals surface area contributed by atoms with Crippen molar-refractivity contribution in [1.82, 2.24) is 24.7 Å². The van der Waals surface area contributed by atoms with Crippen molar-refractivity contribution in [3.63, 3.8) is 0 Å². The SMILES string of the molecule is COC(=O)c1sc2nc(C)nc(N3CCCC(c4nnc5n4CCC5)C3)c2c1C. The maximum absolute atomic E-state index is 12.2. The molecule has 5 rings (SSSR count). The van der Waals surface area contributed by atoms with Gasteiger partial charge in [-0.15, -0.1) is 21.5 Å². The predicted octanol–water partition coefficient (Wildman–Crippen LogP) is 3.02. The first-order chi connectivity index (χ1) is 14.1. The molecule has 3 aromatic rings. The Morgan fingerprint density at radius 1 is 1.17 bits per heavy atom. The summed E-state index contributed by atoms with van der Waals surface area (Å²) in [4.78, 5) is 25.4. The number of aryl methyl sites for hydroxylation is 3. The van der Waals surface area contributed by atoms with E-state index in [1.807, 2.05) is 13.8 Å². The van der Waals surface area contributed by atoms with Gasteiger partial charge in [-0.3, -0.25) is 0 Å². The lowest BCUT2D eigenvalue weighted by Crippen LogP contribution is -2.36. The van der Waals surface area contributed by atoms with E-state index in [1.165, 1.54) is 18.4 Å². The minimum atomic E-state index is -0.315. The molecule has 3 aromatic heterocycles. The molecule has 0 spiro atoms. The molecule has 2 aliphatic rings. The Balaban J connectivity index is 1.54. The molecule has 0 aromatic carbocycles. The Morgan fingerprint density at radius 3 is 2.86 bits per heavy atom. The fraction of sp³-hybridized carbons (Fsp3) is 0.550. The molecule has 1 saturated heterocycles. The van der Waals surface area contributed by atoms with Crippen molar-refractivity contribution in [2.45, 2.75) is 52.0 Å². The number of carbonyl (C=O) groups excluding carboxylic acids is 1. The molecule has 5 heterocycles. The summed E-state index contributed by atoms with van der Waals surface area (Å²) >= 11 is 1.38.